The van der Waals surface area contributed by atoms with Crippen molar-refractivity contribution in [3.63, 3.8) is 0 Å². The number of hydrogen-bond acceptors (Lipinski definition) is 5. The predicted octanol–water partition coefficient (Wildman–Crippen LogP) is 6.45. The van der Waals surface area contributed by atoms with E-state index in [4.69, 9.17) is 37.4 Å². The number of esters is 1. The molecule has 168 valence electrons. The average Bonchev–Trinajstić information content (AvgIpc) is 3.15. The van der Waals surface area contributed by atoms with Gasteiger partial charge in [0.15, 0.2) is 17.2 Å². The van der Waals surface area contributed by atoms with E-state index < -0.39 is 11.8 Å². The lowest BCUT2D eigenvalue weighted by atomic mass is 10.1. The second kappa shape index (κ2) is 10.1. The Morgan fingerprint density at radius 2 is 1.76 bits per heavy atom. The Kier molecular flexibility index (Phi) is 6.96. The van der Waals surface area contributed by atoms with E-state index in [-0.39, 0.29) is 18.2 Å². The van der Waals surface area contributed by atoms with E-state index in [1.54, 1.807) is 48.5 Å². The summed E-state index contributed by atoms with van der Waals surface area (Å²) in [5, 5.41) is 1.02. The summed E-state index contributed by atoms with van der Waals surface area (Å²) in [4.78, 5) is 16.5. The van der Waals surface area contributed by atoms with Crippen LogP contribution in [-0.2, 0) is 16.1 Å². The topological polar surface area (TPSA) is 57.1 Å². The Labute approximate surface area is 200 Å². The van der Waals surface area contributed by atoms with Crippen LogP contribution < -0.4 is 9.47 Å². The number of rotatable bonds is 7. The van der Waals surface area contributed by atoms with Gasteiger partial charge in [-0.05, 0) is 61.0 Å². The fourth-order valence-electron chi connectivity index (χ4n) is 3.13. The predicted molar refractivity (Wildman–Crippen MR) is 125 cm³/mol. The molecule has 1 aliphatic heterocycles. The summed E-state index contributed by atoms with van der Waals surface area (Å²) in [6.07, 6.45) is 1.56. The highest BCUT2D eigenvalue weighted by atomic mass is 35.5. The third-order valence-corrected chi connectivity index (χ3v) is 5.40. The number of halogens is 3. The van der Waals surface area contributed by atoms with E-state index in [9.17, 15) is 9.18 Å². The van der Waals surface area contributed by atoms with Crippen molar-refractivity contribution < 1.29 is 23.4 Å². The molecule has 3 aromatic rings. The van der Waals surface area contributed by atoms with E-state index in [1.807, 2.05) is 6.92 Å². The van der Waals surface area contributed by atoms with Gasteiger partial charge in [0.05, 0.1) is 6.61 Å². The van der Waals surface area contributed by atoms with E-state index >= 15 is 0 Å². The molecule has 0 aromatic heterocycles. The molecule has 4 rings (SSSR count). The van der Waals surface area contributed by atoms with Gasteiger partial charge in [0.1, 0.15) is 12.4 Å². The van der Waals surface area contributed by atoms with Crippen molar-refractivity contribution in [3.05, 3.63) is 98.9 Å². The van der Waals surface area contributed by atoms with Gasteiger partial charge in [0.2, 0.25) is 5.90 Å². The number of benzene rings is 3. The molecule has 0 saturated carbocycles. The molecule has 33 heavy (non-hydrogen) atoms. The Bertz CT molecular complexity index is 1250. The third kappa shape index (κ3) is 5.35. The number of hydrogen-bond donors (Lipinski definition) is 0. The quantitative estimate of drug-likeness (QED) is 0.284. The number of carbonyl (C=O) groups excluding carboxylic acids is 1. The van der Waals surface area contributed by atoms with Crippen LogP contribution in [0.3, 0.4) is 0 Å². The molecule has 0 unspecified atom stereocenters. The summed E-state index contributed by atoms with van der Waals surface area (Å²) in [6.45, 7) is 2.42. The van der Waals surface area contributed by atoms with Crippen LogP contribution in [0.25, 0.3) is 6.08 Å². The molecule has 8 heteroatoms. The minimum atomic E-state index is -0.624. The Hall–Kier alpha value is -3.35. The van der Waals surface area contributed by atoms with Gasteiger partial charge in [-0.2, -0.15) is 0 Å². The zero-order valence-corrected chi connectivity index (χ0v) is 19.0. The largest absolute Gasteiger partial charge is 0.490 e. The molecular formula is C25H18Cl2FNO4. The summed E-state index contributed by atoms with van der Waals surface area (Å²) in [5.74, 6) is -0.0457. The molecule has 0 atom stereocenters. The highest BCUT2D eigenvalue weighted by Crippen LogP contribution is 2.32. The number of aliphatic imine (C=N–C) groups is 1. The van der Waals surface area contributed by atoms with Crippen molar-refractivity contribution in [3.8, 4) is 11.5 Å². The van der Waals surface area contributed by atoms with E-state index in [2.05, 4.69) is 4.99 Å². The molecule has 1 heterocycles. The van der Waals surface area contributed by atoms with Gasteiger partial charge < -0.3 is 14.2 Å². The maximum absolute atomic E-state index is 13.5. The van der Waals surface area contributed by atoms with E-state index in [0.29, 0.717) is 44.8 Å². The van der Waals surface area contributed by atoms with E-state index in [0.717, 1.165) is 0 Å². The lowest BCUT2D eigenvalue weighted by Gasteiger charge is -2.14. The zero-order valence-electron chi connectivity index (χ0n) is 17.5. The first-order chi connectivity index (χ1) is 15.9. The van der Waals surface area contributed by atoms with Gasteiger partial charge >= 0.3 is 5.97 Å². The second-order valence-electron chi connectivity index (χ2n) is 6.97. The van der Waals surface area contributed by atoms with Gasteiger partial charge in [-0.1, -0.05) is 41.4 Å². The van der Waals surface area contributed by atoms with Crippen molar-refractivity contribution in [1.82, 2.24) is 0 Å². The van der Waals surface area contributed by atoms with Crippen LogP contribution in [0, 0.1) is 5.82 Å². The summed E-state index contributed by atoms with van der Waals surface area (Å²) in [7, 11) is 0. The number of nitrogens with zero attached hydrogens (tertiary/aromatic N) is 1. The van der Waals surface area contributed by atoms with Crippen molar-refractivity contribution in [1.29, 1.82) is 0 Å². The van der Waals surface area contributed by atoms with Crippen molar-refractivity contribution >= 4 is 41.1 Å². The number of carbonyl (C=O) groups is 1. The molecule has 0 amide bonds. The smallest absolute Gasteiger partial charge is 0.363 e. The third-order valence-electron chi connectivity index (χ3n) is 4.70. The molecule has 1 aliphatic rings. The summed E-state index contributed by atoms with van der Waals surface area (Å²) < 4.78 is 30.3. The lowest BCUT2D eigenvalue weighted by Crippen LogP contribution is -2.05. The van der Waals surface area contributed by atoms with E-state index in [1.165, 1.54) is 18.2 Å². The minimum absolute atomic E-state index is 0.0485. The van der Waals surface area contributed by atoms with Crippen LogP contribution in [0.4, 0.5) is 4.39 Å². The van der Waals surface area contributed by atoms with Crippen molar-refractivity contribution in [2.75, 3.05) is 6.61 Å². The molecule has 0 bridgehead atoms. The second-order valence-corrected chi connectivity index (χ2v) is 7.79. The van der Waals surface area contributed by atoms with Crippen LogP contribution in [-0.4, -0.2) is 18.5 Å². The first kappa shape index (κ1) is 22.8. The van der Waals surface area contributed by atoms with Gasteiger partial charge in [0.25, 0.3) is 0 Å². The minimum Gasteiger partial charge on any atom is -0.490 e. The number of ether oxygens (including phenoxy) is 3. The van der Waals surface area contributed by atoms with Crippen LogP contribution >= 0.6 is 23.2 Å². The molecule has 0 aliphatic carbocycles. The maximum Gasteiger partial charge on any atom is 0.363 e. The Balaban J connectivity index is 1.58. The SMILES string of the molecule is CCOc1cc(C=C2N=C(c3cccc(F)c3)OC2=O)ccc1OCc1c(Cl)cccc1Cl. The molecular weight excluding hydrogens is 468 g/mol. The van der Waals surface area contributed by atoms with Gasteiger partial charge in [-0.15, -0.1) is 0 Å². The fourth-order valence-corrected chi connectivity index (χ4v) is 3.64. The summed E-state index contributed by atoms with van der Waals surface area (Å²) >= 11 is 12.4. The monoisotopic (exact) mass is 485 g/mol. The van der Waals surface area contributed by atoms with Gasteiger partial charge in [0, 0.05) is 21.2 Å². The molecule has 0 radical (unpaired) electrons. The van der Waals surface area contributed by atoms with Crippen LogP contribution in [0.5, 0.6) is 11.5 Å². The first-order valence-corrected chi connectivity index (χ1v) is 10.8. The molecule has 0 saturated heterocycles. The molecule has 5 nitrogen and oxygen atoms in total. The van der Waals surface area contributed by atoms with Crippen LogP contribution in [0.1, 0.15) is 23.6 Å². The Morgan fingerprint density at radius 3 is 2.48 bits per heavy atom. The highest BCUT2D eigenvalue weighted by molar-refractivity contribution is 6.35. The van der Waals surface area contributed by atoms with Gasteiger partial charge in [-0.25, -0.2) is 14.2 Å². The normalized spacial score (nSPS) is 14.2. The molecule has 3 aromatic carbocycles. The highest BCUT2D eigenvalue weighted by Gasteiger charge is 2.24. The Morgan fingerprint density at radius 1 is 1.00 bits per heavy atom. The number of cyclic esters (lactones) is 1. The molecule has 0 N–H and O–H groups in total. The standard InChI is InChI=1S/C25H18Cl2FNO4/c1-2-31-23-12-15(9-10-22(23)32-14-18-19(26)7-4-8-20(18)27)11-21-25(30)33-24(29-21)16-5-3-6-17(28)13-16/h3-13H,2,14H2,1H3. The molecule has 0 fully saturated rings. The zero-order chi connectivity index (χ0) is 23.4. The van der Waals surface area contributed by atoms with Crippen molar-refractivity contribution in [2.24, 2.45) is 4.99 Å². The lowest BCUT2D eigenvalue weighted by molar-refractivity contribution is -0.129. The first-order valence-electron chi connectivity index (χ1n) is 10.1. The molecule has 0 spiro atoms. The average molecular weight is 486 g/mol. The fraction of sp³-hybridized carbons (Fsp3) is 0.120. The van der Waals surface area contributed by atoms with Gasteiger partial charge in [-0.3, -0.25) is 0 Å². The summed E-state index contributed by atoms with van der Waals surface area (Å²) in [6, 6.07) is 16.1. The maximum atomic E-state index is 13.5. The van der Waals surface area contributed by atoms with Crippen LogP contribution in [0.2, 0.25) is 10.0 Å². The van der Waals surface area contributed by atoms with Crippen molar-refractivity contribution in [2.45, 2.75) is 13.5 Å². The summed E-state index contributed by atoms with van der Waals surface area (Å²) in [5.41, 5.74) is 1.79. The van der Waals surface area contributed by atoms with Crippen LogP contribution in [0.15, 0.2) is 71.4 Å².